The Morgan fingerprint density at radius 3 is 2.62 bits per heavy atom. The van der Waals surface area contributed by atoms with Gasteiger partial charge in [-0.2, -0.15) is 0 Å². The highest BCUT2D eigenvalue weighted by molar-refractivity contribution is 6.25. The summed E-state index contributed by atoms with van der Waals surface area (Å²) >= 11 is 0. The number of nitrogens with zero attached hydrogens (tertiary/aromatic N) is 1. The van der Waals surface area contributed by atoms with Crippen molar-refractivity contribution in [3.8, 4) is 0 Å². The van der Waals surface area contributed by atoms with Crippen molar-refractivity contribution in [2.45, 2.75) is 26.3 Å². The third-order valence-corrected chi connectivity index (χ3v) is 3.66. The molecular weight excluding hydrogens is 264 g/mol. The minimum absolute atomic E-state index is 0.0147. The summed E-state index contributed by atoms with van der Waals surface area (Å²) in [6, 6.07) is 11.8. The average Bonchev–Trinajstić information content (AvgIpc) is 2.72. The van der Waals surface area contributed by atoms with Gasteiger partial charge in [-0.3, -0.25) is 9.59 Å². The second-order valence-corrected chi connectivity index (χ2v) is 5.61. The number of hydrogen-bond donors (Lipinski definition) is 1. The number of amides is 2. The van der Waals surface area contributed by atoms with Crippen molar-refractivity contribution in [3.63, 3.8) is 0 Å². The maximum atomic E-state index is 12.5. The van der Waals surface area contributed by atoms with E-state index < -0.39 is 0 Å². The van der Waals surface area contributed by atoms with Crippen molar-refractivity contribution in [3.05, 3.63) is 42.0 Å². The minimum Gasteiger partial charge on any atom is -0.354 e. The summed E-state index contributed by atoms with van der Waals surface area (Å²) in [6.45, 7) is 4.26. The van der Waals surface area contributed by atoms with Gasteiger partial charge < -0.3 is 10.2 Å². The van der Waals surface area contributed by atoms with Gasteiger partial charge in [0.2, 0.25) is 5.91 Å². The molecule has 0 fully saturated rings. The van der Waals surface area contributed by atoms with Crippen LogP contribution in [0, 0.1) is 0 Å². The Labute approximate surface area is 123 Å². The summed E-state index contributed by atoms with van der Waals surface area (Å²) in [5.74, 6) is -0.0416. The second kappa shape index (κ2) is 5.20. The Morgan fingerprint density at radius 1 is 1.19 bits per heavy atom. The number of hydrogen-bond acceptors (Lipinski definition) is 2. The van der Waals surface area contributed by atoms with Gasteiger partial charge >= 0.3 is 0 Å². The van der Waals surface area contributed by atoms with Gasteiger partial charge in [0, 0.05) is 30.0 Å². The fourth-order valence-corrected chi connectivity index (χ4v) is 2.81. The molecule has 0 bridgehead atoms. The van der Waals surface area contributed by atoms with E-state index in [-0.39, 0.29) is 17.9 Å². The number of rotatable bonds is 4. The highest BCUT2D eigenvalue weighted by Crippen LogP contribution is 2.37. The predicted molar refractivity (Wildman–Crippen MR) is 83.5 cm³/mol. The fourth-order valence-electron chi connectivity index (χ4n) is 2.81. The lowest BCUT2D eigenvalue weighted by Gasteiger charge is -2.18. The van der Waals surface area contributed by atoms with Crippen LogP contribution < -0.4 is 10.2 Å². The quantitative estimate of drug-likeness (QED) is 0.937. The number of carbonyl (C=O) groups is 2. The van der Waals surface area contributed by atoms with E-state index in [1.165, 1.54) is 0 Å². The molecule has 2 aromatic rings. The molecule has 1 aliphatic heterocycles. The molecule has 108 valence electrons. The molecule has 1 heterocycles. The van der Waals surface area contributed by atoms with Crippen molar-refractivity contribution in [2.75, 3.05) is 11.4 Å². The topological polar surface area (TPSA) is 49.4 Å². The predicted octanol–water partition coefficient (Wildman–Crippen LogP) is 2.71. The molecule has 0 aromatic heterocycles. The van der Waals surface area contributed by atoms with Gasteiger partial charge in [0.15, 0.2) is 0 Å². The van der Waals surface area contributed by atoms with E-state index in [0.717, 1.165) is 22.0 Å². The molecule has 4 heteroatoms. The van der Waals surface area contributed by atoms with Crippen LogP contribution in [0.2, 0.25) is 0 Å². The number of benzene rings is 2. The molecule has 1 N–H and O–H groups in total. The maximum absolute atomic E-state index is 12.5. The lowest BCUT2D eigenvalue weighted by atomic mass is 10.1. The van der Waals surface area contributed by atoms with Crippen LogP contribution in [0.1, 0.15) is 30.6 Å². The molecule has 0 radical (unpaired) electrons. The van der Waals surface area contributed by atoms with Crippen molar-refractivity contribution >= 4 is 28.3 Å². The smallest absolute Gasteiger partial charge is 0.259 e. The van der Waals surface area contributed by atoms with E-state index >= 15 is 0 Å². The summed E-state index contributed by atoms with van der Waals surface area (Å²) in [5, 5.41) is 4.91. The summed E-state index contributed by atoms with van der Waals surface area (Å²) in [7, 11) is 0. The summed E-state index contributed by atoms with van der Waals surface area (Å²) in [4.78, 5) is 26.0. The van der Waals surface area contributed by atoms with Crippen LogP contribution in [0.3, 0.4) is 0 Å². The molecule has 0 spiro atoms. The van der Waals surface area contributed by atoms with Crippen molar-refractivity contribution < 1.29 is 9.59 Å². The molecule has 1 aliphatic rings. The highest BCUT2D eigenvalue weighted by atomic mass is 16.2. The monoisotopic (exact) mass is 282 g/mol. The lowest BCUT2D eigenvalue weighted by molar-refractivity contribution is -0.121. The fraction of sp³-hybridized carbons (Fsp3) is 0.294. The molecule has 2 aromatic carbocycles. The molecule has 3 rings (SSSR count). The Kier molecular flexibility index (Phi) is 3.37. The summed E-state index contributed by atoms with van der Waals surface area (Å²) < 4.78 is 0. The van der Waals surface area contributed by atoms with Gasteiger partial charge in [-0.15, -0.1) is 0 Å². The van der Waals surface area contributed by atoms with E-state index in [1.54, 1.807) is 4.90 Å². The zero-order valence-electron chi connectivity index (χ0n) is 12.2. The standard InChI is InChI=1S/C17H18N2O2/c1-11(2)18-15(20)9-10-19-14-8-4-6-12-5-3-7-13(16(12)14)17(19)21/h3-8,11H,9-10H2,1-2H3,(H,18,20). The van der Waals surface area contributed by atoms with Crippen molar-refractivity contribution in [2.24, 2.45) is 0 Å². The van der Waals surface area contributed by atoms with E-state index in [4.69, 9.17) is 0 Å². The van der Waals surface area contributed by atoms with Gasteiger partial charge in [0.25, 0.3) is 5.91 Å². The first-order chi connectivity index (χ1) is 10.1. The normalized spacial score (nSPS) is 13.3. The zero-order valence-corrected chi connectivity index (χ0v) is 12.2. The molecule has 0 atom stereocenters. The third kappa shape index (κ3) is 2.37. The summed E-state index contributed by atoms with van der Waals surface area (Å²) in [5.41, 5.74) is 1.64. The van der Waals surface area contributed by atoms with Crippen LogP contribution >= 0.6 is 0 Å². The minimum atomic E-state index is -0.0269. The molecule has 2 amide bonds. The Balaban J connectivity index is 1.85. The molecule has 21 heavy (non-hydrogen) atoms. The van der Waals surface area contributed by atoms with E-state index in [0.29, 0.717) is 13.0 Å². The van der Waals surface area contributed by atoms with Crippen molar-refractivity contribution in [1.29, 1.82) is 0 Å². The first-order valence-corrected chi connectivity index (χ1v) is 7.21. The first-order valence-electron chi connectivity index (χ1n) is 7.21. The second-order valence-electron chi connectivity index (χ2n) is 5.61. The lowest BCUT2D eigenvalue weighted by Crippen LogP contribution is -2.35. The van der Waals surface area contributed by atoms with Crippen molar-refractivity contribution in [1.82, 2.24) is 5.32 Å². The van der Waals surface area contributed by atoms with Crippen LogP contribution in [0.15, 0.2) is 36.4 Å². The molecule has 0 aliphatic carbocycles. The van der Waals surface area contributed by atoms with Gasteiger partial charge in [-0.1, -0.05) is 24.3 Å². The largest absolute Gasteiger partial charge is 0.354 e. The van der Waals surface area contributed by atoms with E-state index in [9.17, 15) is 9.59 Å². The molecule has 0 unspecified atom stereocenters. The van der Waals surface area contributed by atoms with Crippen LogP contribution in [-0.2, 0) is 4.79 Å². The Hall–Kier alpha value is -2.36. The zero-order chi connectivity index (χ0) is 15.0. The van der Waals surface area contributed by atoms with E-state index in [1.807, 2.05) is 50.2 Å². The molecule has 0 saturated carbocycles. The summed E-state index contributed by atoms with van der Waals surface area (Å²) in [6.07, 6.45) is 0.314. The number of nitrogens with one attached hydrogen (secondary N) is 1. The van der Waals surface area contributed by atoms with Crippen LogP contribution in [0.5, 0.6) is 0 Å². The third-order valence-electron chi connectivity index (χ3n) is 3.66. The van der Waals surface area contributed by atoms with Gasteiger partial charge in [0.1, 0.15) is 0 Å². The first kappa shape index (κ1) is 13.6. The van der Waals surface area contributed by atoms with Gasteiger partial charge in [0.05, 0.1) is 5.69 Å². The molecule has 0 saturated heterocycles. The number of carbonyl (C=O) groups excluding carboxylic acids is 2. The maximum Gasteiger partial charge on any atom is 0.259 e. The molecule has 4 nitrogen and oxygen atoms in total. The van der Waals surface area contributed by atoms with Crippen LogP contribution in [0.25, 0.3) is 10.8 Å². The molecular formula is C17H18N2O2. The van der Waals surface area contributed by atoms with Gasteiger partial charge in [-0.25, -0.2) is 0 Å². The Morgan fingerprint density at radius 2 is 1.90 bits per heavy atom. The van der Waals surface area contributed by atoms with E-state index in [2.05, 4.69) is 5.32 Å². The SMILES string of the molecule is CC(C)NC(=O)CCN1C(=O)c2cccc3cccc1c23. The number of anilines is 1. The van der Waals surface area contributed by atoms with Crippen LogP contribution in [0.4, 0.5) is 5.69 Å². The van der Waals surface area contributed by atoms with Gasteiger partial charge in [-0.05, 0) is 31.4 Å². The average molecular weight is 282 g/mol. The highest BCUT2D eigenvalue weighted by Gasteiger charge is 2.29. The Bertz CT molecular complexity index is 717. The van der Waals surface area contributed by atoms with Crippen LogP contribution in [-0.4, -0.2) is 24.4 Å².